The molecule has 0 atom stereocenters. The maximum Gasteiger partial charge on any atom is 0.142 e. The molecule has 0 saturated carbocycles. The molecule has 2 aromatic carbocycles. The van der Waals surface area contributed by atoms with Crippen LogP contribution < -0.4 is 14.8 Å². The van der Waals surface area contributed by atoms with Crippen molar-refractivity contribution in [1.82, 2.24) is 0 Å². The highest BCUT2D eigenvalue weighted by Crippen LogP contribution is 2.26. The fraction of sp³-hybridized carbons (Fsp3) is 0.478. The van der Waals surface area contributed by atoms with Gasteiger partial charge in [-0.05, 0) is 31.0 Å². The molecule has 0 aliphatic rings. The number of hydrogen-bond donors (Lipinski definition) is 1. The molecule has 142 valence electrons. The Hall–Kier alpha value is -2.16. The van der Waals surface area contributed by atoms with Crippen LogP contribution in [0, 0.1) is 0 Å². The Labute approximate surface area is 158 Å². The Kier molecular flexibility index (Phi) is 9.48. The lowest BCUT2D eigenvalue weighted by Crippen LogP contribution is -2.06. The van der Waals surface area contributed by atoms with Gasteiger partial charge in [-0.15, -0.1) is 0 Å². The summed E-state index contributed by atoms with van der Waals surface area (Å²) < 4.78 is 11.9. The van der Waals surface area contributed by atoms with Crippen molar-refractivity contribution in [3.8, 4) is 11.5 Å². The average Bonchev–Trinajstić information content (AvgIpc) is 2.68. The third-order valence-electron chi connectivity index (χ3n) is 4.34. The van der Waals surface area contributed by atoms with Crippen molar-refractivity contribution in [2.75, 3.05) is 18.5 Å². The van der Waals surface area contributed by atoms with Crippen LogP contribution in [-0.4, -0.2) is 13.2 Å². The highest BCUT2D eigenvalue weighted by atomic mass is 16.5. The Morgan fingerprint density at radius 2 is 1.35 bits per heavy atom. The second-order valence-corrected chi connectivity index (χ2v) is 6.57. The second-order valence-electron chi connectivity index (χ2n) is 6.57. The zero-order valence-electron chi connectivity index (χ0n) is 16.3. The number of para-hydroxylation sites is 3. The lowest BCUT2D eigenvalue weighted by atomic mass is 10.2. The topological polar surface area (TPSA) is 30.5 Å². The SMILES string of the molecule is CCCCCCOc1ccccc1CNc1ccccc1OCCCC. The monoisotopic (exact) mass is 355 g/mol. The quantitative estimate of drug-likeness (QED) is 0.420. The lowest BCUT2D eigenvalue weighted by Gasteiger charge is -2.15. The van der Waals surface area contributed by atoms with Gasteiger partial charge in [-0.3, -0.25) is 0 Å². The van der Waals surface area contributed by atoms with Gasteiger partial charge in [-0.25, -0.2) is 0 Å². The van der Waals surface area contributed by atoms with Gasteiger partial charge in [0.2, 0.25) is 0 Å². The molecule has 2 rings (SSSR count). The highest BCUT2D eigenvalue weighted by molar-refractivity contribution is 5.56. The summed E-state index contributed by atoms with van der Waals surface area (Å²) in [5.74, 6) is 1.89. The number of rotatable bonds is 13. The van der Waals surface area contributed by atoms with Crippen molar-refractivity contribution >= 4 is 5.69 Å². The summed E-state index contributed by atoms with van der Waals surface area (Å²) >= 11 is 0. The van der Waals surface area contributed by atoms with Gasteiger partial charge >= 0.3 is 0 Å². The molecule has 0 fully saturated rings. The van der Waals surface area contributed by atoms with Crippen LogP contribution in [0.25, 0.3) is 0 Å². The third kappa shape index (κ3) is 6.99. The third-order valence-corrected chi connectivity index (χ3v) is 4.34. The van der Waals surface area contributed by atoms with E-state index in [0.717, 1.165) is 56.2 Å². The predicted molar refractivity (Wildman–Crippen MR) is 110 cm³/mol. The molecule has 0 bridgehead atoms. The summed E-state index contributed by atoms with van der Waals surface area (Å²) in [7, 11) is 0. The van der Waals surface area contributed by atoms with Gasteiger partial charge in [0.1, 0.15) is 11.5 Å². The van der Waals surface area contributed by atoms with Crippen LogP contribution in [0.2, 0.25) is 0 Å². The number of ether oxygens (including phenoxy) is 2. The van der Waals surface area contributed by atoms with Gasteiger partial charge in [-0.1, -0.05) is 69.9 Å². The van der Waals surface area contributed by atoms with E-state index in [1.54, 1.807) is 0 Å². The molecular formula is C23H33NO2. The summed E-state index contributed by atoms with van der Waals surface area (Å²) in [6.45, 7) is 6.66. The molecule has 0 aromatic heterocycles. The number of hydrogen-bond acceptors (Lipinski definition) is 3. The summed E-state index contributed by atoms with van der Waals surface area (Å²) in [4.78, 5) is 0. The van der Waals surface area contributed by atoms with Crippen molar-refractivity contribution in [1.29, 1.82) is 0 Å². The van der Waals surface area contributed by atoms with E-state index in [2.05, 4.69) is 43.4 Å². The molecule has 1 N–H and O–H groups in total. The van der Waals surface area contributed by atoms with Crippen molar-refractivity contribution in [3.05, 3.63) is 54.1 Å². The Balaban J connectivity index is 1.91. The van der Waals surface area contributed by atoms with Crippen molar-refractivity contribution in [3.63, 3.8) is 0 Å². The largest absolute Gasteiger partial charge is 0.493 e. The van der Waals surface area contributed by atoms with Crippen molar-refractivity contribution in [2.45, 2.75) is 58.9 Å². The van der Waals surface area contributed by atoms with Crippen LogP contribution in [0.5, 0.6) is 11.5 Å². The summed E-state index contributed by atoms with van der Waals surface area (Å²) in [6, 6.07) is 16.4. The Morgan fingerprint density at radius 1 is 0.692 bits per heavy atom. The zero-order chi connectivity index (χ0) is 18.5. The van der Waals surface area contributed by atoms with Crippen LogP contribution in [-0.2, 0) is 6.54 Å². The normalized spacial score (nSPS) is 10.5. The van der Waals surface area contributed by atoms with E-state index >= 15 is 0 Å². The van der Waals surface area contributed by atoms with Gasteiger partial charge < -0.3 is 14.8 Å². The first-order chi connectivity index (χ1) is 12.8. The first-order valence-electron chi connectivity index (χ1n) is 10.0. The molecule has 0 saturated heterocycles. The van der Waals surface area contributed by atoms with Gasteiger partial charge in [0.25, 0.3) is 0 Å². The summed E-state index contributed by atoms with van der Waals surface area (Å²) in [5, 5.41) is 3.50. The second kappa shape index (κ2) is 12.2. The first-order valence-corrected chi connectivity index (χ1v) is 10.0. The van der Waals surface area contributed by atoms with Crippen LogP contribution in [0.3, 0.4) is 0 Å². The zero-order valence-corrected chi connectivity index (χ0v) is 16.3. The maximum atomic E-state index is 6.01. The van der Waals surface area contributed by atoms with E-state index in [9.17, 15) is 0 Å². The number of benzene rings is 2. The standard InChI is InChI=1S/C23H33NO2/c1-3-5-7-12-18-25-22-15-10-8-13-20(22)19-24-21-14-9-11-16-23(21)26-17-6-4-2/h8-11,13-16,24H,3-7,12,17-19H2,1-2H3. The van der Waals surface area contributed by atoms with E-state index < -0.39 is 0 Å². The molecule has 26 heavy (non-hydrogen) atoms. The van der Waals surface area contributed by atoms with E-state index in [1.165, 1.54) is 24.8 Å². The van der Waals surface area contributed by atoms with Crippen molar-refractivity contribution < 1.29 is 9.47 Å². The number of nitrogens with one attached hydrogen (secondary N) is 1. The van der Waals surface area contributed by atoms with E-state index in [1.807, 2.05) is 24.3 Å². The molecule has 0 spiro atoms. The van der Waals surface area contributed by atoms with Gasteiger partial charge in [-0.2, -0.15) is 0 Å². The van der Waals surface area contributed by atoms with Crippen LogP contribution >= 0.6 is 0 Å². The molecule has 3 heteroatoms. The Bertz CT molecular complexity index is 627. The maximum absolute atomic E-state index is 6.01. The molecule has 3 nitrogen and oxygen atoms in total. The number of unbranched alkanes of at least 4 members (excludes halogenated alkanes) is 4. The summed E-state index contributed by atoms with van der Waals surface area (Å²) in [5.41, 5.74) is 2.20. The average molecular weight is 356 g/mol. The van der Waals surface area contributed by atoms with Crippen molar-refractivity contribution in [2.24, 2.45) is 0 Å². The lowest BCUT2D eigenvalue weighted by molar-refractivity contribution is 0.302. The minimum Gasteiger partial charge on any atom is -0.493 e. The van der Waals surface area contributed by atoms with Gasteiger partial charge in [0.15, 0.2) is 0 Å². The molecular weight excluding hydrogens is 322 g/mol. The van der Waals surface area contributed by atoms with Crippen LogP contribution in [0.1, 0.15) is 57.9 Å². The minimum absolute atomic E-state index is 0.722. The molecule has 2 aromatic rings. The van der Waals surface area contributed by atoms with E-state index in [4.69, 9.17) is 9.47 Å². The molecule has 0 heterocycles. The molecule has 0 aliphatic carbocycles. The van der Waals surface area contributed by atoms with Gasteiger partial charge in [0.05, 0.1) is 18.9 Å². The molecule has 0 aliphatic heterocycles. The summed E-state index contributed by atoms with van der Waals surface area (Å²) in [6.07, 6.45) is 7.09. The predicted octanol–water partition coefficient (Wildman–Crippen LogP) is 6.44. The van der Waals surface area contributed by atoms with E-state index in [-0.39, 0.29) is 0 Å². The fourth-order valence-corrected chi connectivity index (χ4v) is 2.76. The van der Waals surface area contributed by atoms with E-state index in [0.29, 0.717) is 0 Å². The van der Waals surface area contributed by atoms with Crippen LogP contribution in [0.4, 0.5) is 5.69 Å². The van der Waals surface area contributed by atoms with Gasteiger partial charge in [0, 0.05) is 12.1 Å². The smallest absolute Gasteiger partial charge is 0.142 e. The molecule has 0 radical (unpaired) electrons. The fourth-order valence-electron chi connectivity index (χ4n) is 2.76. The molecule has 0 unspecified atom stereocenters. The number of anilines is 1. The Morgan fingerprint density at radius 3 is 2.15 bits per heavy atom. The van der Waals surface area contributed by atoms with Crippen LogP contribution in [0.15, 0.2) is 48.5 Å². The highest BCUT2D eigenvalue weighted by Gasteiger charge is 2.06. The first kappa shape index (κ1) is 20.2. The molecule has 0 amide bonds. The minimum atomic E-state index is 0.722.